The van der Waals surface area contributed by atoms with Crippen molar-refractivity contribution >= 4 is 5.57 Å². The van der Waals surface area contributed by atoms with Gasteiger partial charge in [0.1, 0.15) is 17.3 Å². The van der Waals surface area contributed by atoms with Gasteiger partial charge in [-0.1, -0.05) is 26.0 Å². The molecule has 0 radical (unpaired) electrons. The maximum absolute atomic E-state index is 14.2. The van der Waals surface area contributed by atoms with Gasteiger partial charge in [-0.05, 0) is 48.8 Å². The molecule has 19 heavy (non-hydrogen) atoms. The van der Waals surface area contributed by atoms with Crippen LogP contribution in [0.3, 0.4) is 0 Å². The number of rotatable bonds is 1. The highest BCUT2D eigenvalue weighted by Crippen LogP contribution is 2.38. The molecule has 0 amide bonds. The van der Waals surface area contributed by atoms with Crippen LogP contribution in [0.5, 0.6) is 0 Å². The lowest BCUT2D eigenvalue weighted by Crippen LogP contribution is -2.21. The molecule has 1 unspecified atom stereocenters. The van der Waals surface area contributed by atoms with E-state index < -0.39 is 17.3 Å². The molecule has 1 aliphatic rings. The zero-order valence-electron chi connectivity index (χ0n) is 11.7. The van der Waals surface area contributed by atoms with Crippen molar-refractivity contribution in [1.29, 1.82) is 0 Å². The molecule has 0 heterocycles. The third-order valence-electron chi connectivity index (χ3n) is 3.01. The molecular formula is C16H19F3. The summed E-state index contributed by atoms with van der Waals surface area (Å²) in [7, 11) is 0. The summed E-state index contributed by atoms with van der Waals surface area (Å²) in [6, 6.07) is 4.43. The van der Waals surface area contributed by atoms with Gasteiger partial charge in [0.25, 0.3) is 0 Å². The summed E-state index contributed by atoms with van der Waals surface area (Å²) in [6.45, 7) is 7.00. The van der Waals surface area contributed by atoms with E-state index in [0.717, 1.165) is 6.08 Å². The molecule has 0 aromatic heterocycles. The van der Waals surface area contributed by atoms with Crippen LogP contribution < -0.4 is 0 Å². The lowest BCUT2D eigenvalue weighted by Gasteiger charge is -2.26. The van der Waals surface area contributed by atoms with Gasteiger partial charge in [-0.2, -0.15) is 0 Å². The number of hydrogen-bond donors (Lipinski definition) is 0. The van der Waals surface area contributed by atoms with Gasteiger partial charge in [0.05, 0.1) is 0 Å². The van der Waals surface area contributed by atoms with Gasteiger partial charge in [0.15, 0.2) is 0 Å². The van der Waals surface area contributed by atoms with Crippen molar-refractivity contribution in [2.75, 3.05) is 0 Å². The molecule has 104 valence electrons. The van der Waals surface area contributed by atoms with Crippen molar-refractivity contribution in [2.24, 2.45) is 0 Å². The number of halogens is 3. The standard InChI is InChI=1S/C14H13F3.C2H6/c1-9-3-4-10(7-13(9)16)12-8-11(15)5-6-14(12,2)17;1-2/h3-5,7-8H,6H2,1-2H3;1-2H3. The molecule has 3 heteroatoms. The van der Waals surface area contributed by atoms with E-state index in [-0.39, 0.29) is 12.0 Å². The van der Waals surface area contributed by atoms with Crippen molar-refractivity contribution in [3.05, 3.63) is 53.1 Å². The Morgan fingerprint density at radius 2 is 1.79 bits per heavy atom. The highest BCUT2D eigenvalue weighted by molar-refractivity contribution is 5.75. The van der Waals surface area contributed by atoms with E-state index in [1.807, 2.05) is 13.8 Å². The smallest absolute Gasteiger partial charge is 0.137 e. The highest BCUT2D eigenvalue weighted by Gasteiger charge is 2.31. The van der Waals surface area contributed by atoms with Crippen LogP contribution >= 0.6 is 0 Å². The number of aryl methyl sites for hydroxylation is 1. The van der Waals surface area contributed by atoms with Crippen LogP contribution in [0, 0.1) is 12.7 Å². The molecule has 0 saturated carbocycles. The Bertz CT molecular complexity index is 511. The quantitative estimate of drug-likeness (QED) is 0.628. The molecule has 1 aromatic rings. The summed E-state index contributed by atoms with van der Waals surface area (Å²) in [5.74, 6) is -0.884. The van der Waals surface area contributed by atoms with Crippen LogP contribution in [0.2, 0.25) is 0 Å². The molecule has 0 spiro atoms. The molecule has 1 aromatic carbocycles. The molecule has 1 atom stereocenters. The maximum Gasteiger partial charge on any atom is 0.137 e. The van der Waals surface area contributed by atoms with E-state index in [9.17, 15) is 13.2 Å². The van der Waals surface area contributed by atoms with Crippen LogP contribution in [0.4, 0.5) is 13.2 Å². The van der Waals surface area contributed by atoms with E-state index >= 15 is 0 Å². The van der Waals surface area contributed by atoms with Gasteiger partial charge in [0, 0.05) is 6.42 Å². The largest absolute Gasteiger partial charge is 0.239 e. The Morgan fingerprint density at radius 1 is 1.16 bits per heavy atom. The molecule has 0 saturated heterocycles. The third-order valence-corrected chi connectivity index (χ3v) is 3.01. The Kier molecular flexibility index (Phi) is 4.98. The zero-order chi connectivity index (χ0) is 14.6. The van der Waals surface area contributed by atoms with Crippen molar-refractivity contribution in [1.82, 2.24) is 0 Å². The number of allylic oxidation sites excluding steroid dienone is 4. The molecule has 0 aliphatic heterocycles. The van der Waals surface area contributed by atoms with Gasteiger partial charge < -0.3 is 0 Å². The Balaban J connectivity index is 0.000000861. The first-order valence-electron chi connectivity index (χ1n) is 6.43. The molecule has 2 rings (SSSR count). The zero-order valence-corrected chi connectivity index (χ0v) is 11.7. The Hall–Kier alpha value is -1.51. The fourth-order valence-corrected chi connectivity index (χ4v) is 1.89. The average molecular weight is 268 g/mol. The third kappa shape index (κ3) is 3.49. The van der Waals surface area contributed by atoms with E-state index in [2.05, 4.69) is 0 Å². The van der Waals surface area contributed by atoms with Crippen molar-refractivity contribution < 1.29 is 13.2 Å². The van der Waals surface area contributed by atoms with Crippen LogP contribution in [0.1, 0.15) is 38.3 Å². The van der Waals surface area contributed by atoms with Gasteiger partial charge in [0.2, 0.25) is 0 Å². The van der Waals surface area contributed by atoms with Gasteiger partial charge in [-0.3, -0.25) is 0 Å². The van der Waals surface area contributed by atoms with Crippen LogP contribution in [-0.4, -0.2) is 5.67 Å². The minimum Gasteiger partial charge on any atom is -0.239 e. The van der Waals surface area contributed by atoms with E-state index in [4.69, 9.17) is 0 Å². The van der Waals surface area contributed by atoms with Gasteiger partial charge in [-0.25, -0.2) is 13.2 Å². The SMILES string of the molecule is CC.Cc1ccc(C2=CC(F)=CCC2(C)F)cc1F. The monoisotopic (exact) mass is 268 g/mol. The highest BCUT2D eigenvalue weighted by atomic mass is 19.1. The first-order chi connectivity index (χ1) is 8.90. The predicted molar refractivity (Wildman–Crippen MR) is 73.8 cm³/mol. The molecule has 0 nitrogen and oxygen atoms in total. The Morgan fingerprint density at radius 3 is 2.37 bits per heavy atom. The second kappa shape index (κ2) is 6.09. The van der Waals surface area contributed by atoms with Gasteiger partial charge in [-0.15, -0.1) is 0 Å². The molecule has 0 N–H and O–H groups in total. The summed E-state index contributed by atoms with van der Waals surface area (Å²) in [5.41, 5.74) is -0.587. The fraction of sp³-hybridized carbons (Fsp3) is 0.375. The summed E-state index contributed by atoms with van der Waals surface area (Å²) in [6.07, 6.45) is 2.31. The van der Waals surface area contributed by atoms with Crippen molar-refractivity contribution in [2.45, 2.75) is 39.8 Å². The lowest BCUT2D eigenvalue weighted by molar-refractivity contribution is 0.270. The van der Waals surface area contributed by atoms with Crippen LogP contribution in [0.15, 0.2) is 36.2 Å². The van der Waals surface area contributed by atoms with E-state index in [1.165, 1.54) is 19.1 Å². The molecular weight excluding hydrogens is 249 g/mol. The van der Waals surface area contributed by atoms with E-state index in [0.29, 0.717) is 11.1 Å². The minimum atomic E-state index is -1.66. The lowest BCUT2D eigenvalue weighted by atomic mass is 9.85. The number of benzene rings is 1. The fourth-order valence-electron chi connectivity index (χ4n) is 1.89. The average Bonchev–Trinajstić information content (AvgIpc) is 2.38. The van der Waals surface area contributed by atoms with Gasteiger partial charge >= 0.3 is 0 Å². The topological polar surface area (TPSA) is 0 Å². The first-order valence-corrected chi connectivity index (χ1v) is 6.43. The molecule has 0 fully saturated rings. The normalized spacial score (nSPS) is 22.1. The van der Waals surface area contributed by atoms with Crippen LogP contribution in [0.25, 0.3) is 5.57 Å². The first kappa shape index (κ1) is 15.5. The maximum atomic E-state index is 14.2. The predicted octanol–water partition coefficient (Wildman–Crippen LogP) is 5.53. The summed E-state index contributed by atoms with van der Waals surface area (Å²) < 4.78 is 40.8. The number of hydrogen-bond acceptors (Lipinski definition) is 0. The number of alkyl halides is 1. The summed E-state index contributed by atoms with van der Waals surface area (Å²) in [5, 5.41) is 0. The minimum absolute atomic E-state index is 0.0276. The second-order valence-electron chi connectivity index (χ2n) is 4.51. The van der Waals surface area contributed by atoms with E-state index in [1.54, 1.807) is 19.1 Å². The summed E-state index contributed by atoms with van der Waals surface area (Å²) >= 11 is 0. The second-order valence-corrected chi connectivity index (χ2v) is 4.51. The van der Waals surface area contributed by atoms with Crippen LogP contribution in [-0.2, 0) is 0 Å². The summed E-state index contributed by atoms with van der Waals surface area (Å²) in [4.78, 5) is 0. The van der Waals surface area contributed by atoms with Crippen molar-refractivity contribution in [3.63, 3.8) is 0 Å². The molecule has 0 bridgehead atoms. The Labute approximate surface area is 112 Å². The van der Waals surface area contributed by atoms with Crippen molar-refractivity contribution in [3.8, 4) is 0 Å². The molecule has 1 aliphatic carbocycles.